The third kappa shape index (κ3) is 2.84. The van der Waals surface area contributed by atoms with Crippen LogP contribution >= 0.6 is 11.3 Å². The largest absolute Gasteiger partial charge is 0.333 e. The highest BCUT2D eigenvalue weighted by atomic mass is 32.1. The van der Waals surface area contributed by atoms with Crippen LogP contribution in [-0.2, 0) is 11.3 Å². The highest BCUT2D eigenvalue weighted by Gasteiger charge is 2.42. The maximum absolute atomic E-state index is 12.9. The van der Waals surface area contributed by atoms with Gasteiger partial charge in [-0.2, -0.15) is 0 Å². The molecule has 1 aliphatic heterocycles. The van der Waals surface area contributed by atoms with E-state index < -0.39 is 0 Å². The number of rotatable bonds is 4. The van der Waals surface area contributed by atoms with Crippen molar-refractivity contribution in [2.45, 2.75) is 57.2 Å². The standard InChI is InChI=1S/C15H22N2OS/c1-15(8-2-3-9-16-15)14(18)17(12-6-7-12)11-13-5-4-10-19-13/h4-5,10,12,16H,2-3,6-9,11H2,1H3. The molecule has 104 valence electrons. The Kier molecular flexibility index (Phi) is 3.63. The van der Waals surface area contributed by atoms with Crippen LogP contribution in [0.25, 0.3) is 0 Å². The zero-order valence-electron chi connectivity index (χ0n) is 11.5. The van der Waals surface area contributed by atoms with Crippen molar-refractivity contribution in [2.75, 3.05) is 6.54 Å². The van der Waals surface area contributed by atoms with Gasteiger partial charge >= 0.3 is 0 Å². The highest BCUT2D eigenvalue weighted by molar-refractivity contribution is 7.09. The Morgan fingerprint density at radius 1 is 1.53 bits per heavy atom. The van der Waals surface area contributed by atoms with Crippen molar-refractivity contribution in [2.24, 2.45) is 0 Å². The number of piperidine rings is 1. The average molecular weight is 278 g/mol. The quantitative estimate of drug-likeness (QED) is 0.918. The van der Waals surface area contributed by atoms with Gasteiger partial charge in [-0.1, -0.05) is 6.07 Å². The monoisotopic (exact) mass is 278 g/mol. The number of carbonyl (C=O) groups excluding carboxylic acids is 1. The van der Waals surface area contributed by atoms with Crippen molar-refractivity contribution < 1.29 is 4.79 Å². The van der Waals surface area contributed by atoms with Crippen LogP contribution in [0.2, 0.25) is 0 Å². The first kappa shape index (κ1) is 13.1. The van der Waals surface area contributed by atoms with Gasteiger partial charge in [0.1, 0.15) is 0 Å². The second-order valence-corrected chi connectivity index (χ2v) is 6.99. The molecule has 0 aromatic carbocycles. The number of carbonyl (C=O) groups is 1. The summed E-state index contributed by atoms with van der Waals surface area (Å²) in [5.41, 5.74) is -0.335. The smallest absolute Gasteiger partial charge is 0.243 e. The lowest BCUT2D eigenvalue weighted by Gasteiger charge is -2.38. The molecule has 2 aliphatic rings. The van der Waals surface area contributed by atoms with Crippen LogP contribution in [-0.4, -0.2) is 28.9 Å². The fourth-order valence-electron chi connectivity index (χ4n) is 2.88. The topological polar surface area (TPSA) is 32.3 Å². The number of thiophene rings is 1. The van der Waals surface area contributed by atoms with Gasteiger partial charge in [0.05, 0.1) is 12.1 Å². The minimum atomic E-state index is -0.335. The molecule has 1 saturated carbocycles. The first-order valence-electron chi connectivity index (χ1n) is 7.27. The molecule has 1 unspecified atom stereocenters. The maximum atomic E-state index is 12.9. The van der Waals surface area contributed by atoms with E-state index in [0.717, 1.165) is 25.9 Å². The molecule has 19 heavy (non-hydrogen) atoms. The fraction of sp³-hybridized carbons (Fsp3) is 0.667. The lowest BCUT2D eigenvalue weighted by molar-refractivity contribution is -0.140. The molecular formula is C15H22N2OS. The van der Waals surface area contributed by atoms with Crippen molar-refractivity contribution in [3.8, 4) is 0 Å². The molecule has 1 atom stereocenters. The minimum absolute atomic E-state index is 0.308. The molecule has 2 fully saturated rings. The Bertz CT molecular complexity index is 433. The van der Waals surface area contributed by atoms with Crippen molar-refractivity contribution in [3.05, 3.63) is 22.4 Å². The summed E-state index contributed by atoms with van der Waals surface area (Å²) in [5.74, 6) is 0.308. The fourth-order valence-corrected chi connectivity index (χ4v) is 3.58. The number of amides is 1. The normalized spacial score (nSPS) is 27.2. The van der Waals surface area contributed by atoms with Gasteiger partial charge in [0.2, 0.25) is 5.91 Å². The number of nitrogens with zero attached hydrogens (tertiary/aromatic N) is 1. The van der Waals surface area contributed by atoms with Crippen LogP contribution < -0.4 is 5.32 Å². The van der Waals surface area contributed by atoms with Crippen molar-refractivity contribution in [1.29, 1.82) is 0 Å². The minimum Gasteiger partial charge on any atom is -0.333 e. The third-order valence-corrected chi connectivity index (χ3v) is 5.11. The molecule has 1 N–H and O–H groups in total. The first-order chi connectivity index (χ1) is 9.19. The van der Waals surface area contributed by atoms with E-state index in [4.69, 9.17) is 0 Å². The molecule has 0 radical (unpaired) electrons. The molecule has 0 spiro atoms. The van der Waals surface area contributed by atoms with E-state index in [1.165, 1.54) is 24.1 Å². The molecule has 1 aromatic rings. The van der Waals surface area contributed by atoms with E-state index in [9.17, 15) is 4.79 Å². The Morgan fingerprint density at radius 2 is 2.37 bits per heavy atom. The van der Waals surface area contributed by atoms with Crippen molar-refractivity contribution in [1.82, 2.24) is 10.2 Å². The maximum Gasteiger partial charge on any atom is 0.243 e. The van der Waals surface area contributed by atoms with Gasteiger partial charge in [-0.05, 0) is 57.0 Å². The third-order valence-electron chi connectivity index (χ3n) is 4.25. The van der Waals surface area contributed by atoms with E-state index in [0.29, 0.717) is 11.9 Å². The van der Waals surface area contributed by atoms with Crippen molar-refractivity contribution >= 4 is 17.2 Å². The number of hydrogen-bond donors (Lipinski definition) is 1. The molecule has 3 nitrogen and oxygen atoms in total. The van der Waals surface area contributed by atoms with E-state index >= 15 is 0 Å². The SMILES string of the molecule is CC1(C(=O)N(Cc2cccs2)C2CC2)CCCCN1. The second-order valence-electron chi connectivity index (χ2n) is 5.96. The molecule has 1 amide bonds. The first-order valence-corrected chi connectivity index (χ1v) is 8.15. The number of hydrogen-bond acceptors (Lipinski definition) is 3. The molecule has 1 saturated heterocycles. The van der Waals surface area contributed by atoms with E-state index in [1.54, 1.807) is 11.3 Å². The van der Waals surface area contributed by atoms with Gasteiger partial charge in [-0.25, -0.2) is 0 Å². The Hall–Kier alpha value is -0.870. The summed E-state index contributed by atoms with van der Waals surface area (Å²) < 4.78 is 0. The van der Waals surface area contributed by atoms with E-state index in [2.05, 4.69) is 34.7 Å². The van der Waals surface area contributed by atoms with Crippen LogP contribution in [0.3, 0.4) is 0 Å². The van der Waals surface area contributed by atoms with Crippen LogP contribution in [0.15, 0.2) is 17.5 Å². The molecular weight excluding hydrogens is 256 g/mol. The average Bonchev–Trinajstić information content (AvgIpc) is 3.13. The van der Waals surface area contributed by atoms with Crippen LogP contribution in [0, 0.1) is 0 Å². The Morgan fingerprint density at radius 3 is 2.95 bits per heavy atom. The van der Waals surface area contributed by atoms with Gasteiger partial charge in [-0.3, -0.25) is 4.79 Å². The van der Waals surface area contributed by atoms with Gasteiger partial charge in [0.25, 0.3) is 0 Å². The summed E-state index contributed by atoms with van der Waals surface area (Å²) in [7, 11) is 0. The highest BCUT2D eigenvalue weighted by Crippen LogP contribution is 2.33. The van der Waals surface area contributed by atoms with Gasteiger partial charge in [-0.15, -0.1) is 11.3 Å². The summed E-state index contributed by atoms with van der Waals surface area (Å²) in [4.78, 5) is 16.3. The lowest BCUT2D eigenvalue weighted by Crippen LogP contribution is -2.58. The van der Waals surface area contributed by atoms with Crippen molar-refractivity contribution in [3.63, 3.8) is 0 Å². The van der Waals surface area contributed by atoms with Crippen LogP contribution in [0.4, 0.5) is 0 Å². The summed E-state index contributed by atoms with van der Waals surface area (Å²) in [6.45, 7) is 3.84. The summed E-state index contributed by atoms with van der Waals surface area (Å²) >= 11 is 1.75. The zero-order chi connectivity index (χ0) is 13.3. The lowest BCUT2D eigenvalue weighted by atomic mass is 9.89. The molecule has 4 heteroatoms. The van der Waals surface area contributed by atoms with Gasteiger partial charge < -0.3 is 10.2 Å². The van der Waals surface area contributed by atoms with E-state index in [-0.39, 0.29) is 5.54 Å². The molecule has 2 heterocycles. The summed E-state index contributed by atoms with van der Waals surface area (Å²) in [5, 5.41) is 5.54. The summed E-state index contributed by atoms with van der Waals surface area (Å²) in [6, 6.07) is 4.68. The predicted molar refractivity (Wildman–Crippen MR) is 78.1 cm³/mol. The molecule has 1 aromatic heterocycles. The van der Waals surface area contributed by atoms with Gasteiger partial charge in [0.15, 0.2) is 0 Å². The number of nitrogens with one attached hydrogen (secondary N) is 1. The molecule has 0 bridgehead atoms. The predicted octanol–water partition coefficient (Wildman–Crippen LogP) is 2.77. The summed E-state index contributed by atoms with van der Waals surface area (Å²) in [6.07, 6.45) is 5.67. The van der Waals surface area contributed by atoms with Gasteiger partial charge in [0, 0.05) is 10.9 Å². The van der Waals surface area contributed by atoms with Crippen LogP contribution in [0.1, 0.15) is 43.9 Å². The van der Waals surface area contributed by atoms with Crippen LogP contribution in [0.5, 0.6) is 0 Å². The van der Waals surface area contributed by atoms with E-state index in [1.807, 2.05) is 0 Å². The Labute approximate surface area is 119 Å². The Balaban J connectivity index is 1.74. The molecule has 1 aliphatic carbocycles. The zero-order valence-corrected chi connectivity index (χ0v) is 12.3. The molecule has 3 rings (SSSR count). The second kappa shape index (κ2) is 5.25.